The lowest BCUT2D eigenvalue weighted by atomic mass is 10.2. The van der Waals surface area contributed by atoms with Gasteiger partial charge in [0.15, 0.2) is 5.69 Å². The fraction of sp³-hybridized carbons (Fsp3) is 0.261. The van der Waals surface area contributed by atoms with E-state index in [1.54, 1.807) is 31.2 Å². The molecule has 0 saturated heterocycles. The second kappa shape index (κ2) is 10.1. The molecule has 4 N–H and O–H groups in total. The van der Waals surface area contributed by atoms with Crippen LogP contribution in [0.15, 0.2) is 69.1 Å². The zero-order valence-electron chi connectivity index (χ0n) is 19.1. The molecule has 1 unspecified atom stereocenters. The number of carbonyl (C=O) groups is 1. The maximum Gasteiger partial charge on any atom is 0.330 e. The van der Waals surface area contributed by atoms with Crippen molar-refractivity contribution >= 4 is 27.4 Å². The predicted molar refractivity (Wildman–Crippen MR) is 131 cm³/mol. The average molecular weight is 486 g/mol. The lowest BCUT2D eigenvalue weighted by molar-refractivity contribution is 0.0992. The number of aromatic amines is 1. The summed E-state index contributed by atoms with van der Waals surface area (Å²) in [5, 5.41) is 0. The van der Waals surface area contributed by atoms with E-state index in [4.69, 9.17) is 5.73 Å². The number of amides is 1. The molecule has 1 atom stereocenters. The largest absolute Gasteiger partial charge is 0.383 e. The predicted octanol–water partition coefficient (Wildman–Crippen LogP) is 1.52. The molecule has 0 bridgehead atoms. The fourth-order valence-electron chi connectivity index (χ4n) is 3.31. The molecule has 0 spiro atoms. The Hall–Kier alpha value is -3.70. The number of rotatable bonds is 8. The second-order valence-corrected chi connectivity index (χ2v) is 9.60. The van der Waals surface area contributed by atoms with Crippen LogP contribution >= 0.6 is 0 Å². The van der Waals surface area contributed by atoms with Gasteiger partial charge >= 0.3 is 5.69 Å². The molecule has 1 heterocycles. The monoisotopic (exact) mass is 485 g/mol. The first-order valence-corrected chi connectivity index (χ1v) is 12.1. The highest BCUT2D eigenvalue weighted by Crippen LogP contribution is 2.20. The van der Waals surface area contributed by atoms with Crippen molar-refractivity contribution in [1.29, 1.82) is 0 Å². The van der Waals surface area contributed by atoms with Gasteiger partial charge in [-0.2, -0.15) is 0 Å². The third-order valence-electron chi connectivity index (χ3n) is 5.42. The van der Waals surface area contributed by atoms with Gasteiger partial charge in [-0.25, -0.2) is 17.9 Å². The average Bonchev–Trinajstić information content (AvgIpc) is 2.81. The van der Waals surface area contributed by atoms with E-state index < -0.39 is 27.2 Å². The molecule has 3 rings (SSSR count). The van der Waals surface area contributed by atoms with E-state index in [1.807, 2.05) is 13.0 Å². The summed E-state index contributed by atoms with van der Waals surface area (Å²) in [4.78, 5) is 41.2. The molecule has 0 aliphatic heterocycles. The molecule has 0 saturated carbocycles. The normalized spacial score (nSPS) is 12.3. The van der Waals surface area contributed by atoms with E-state index in [2.05, 4.69) is 9.71 Å². The summed E-state index contributed by atoms with van der Waals surface area (Å²) >= 11 is 0. The molecule has 1 aromatic heterocycles. The standard InChI is InChI=1S/C23H27N5O5S/c1-4-15(2)26-34(32,33)18-12-10-17(11-13-18)22(30)27(3)19-20(24)28(23(31)25-21(19)29)14-16-8-6-5-7-9-16/h5-13,15,26H,4,14,24H2,1-3H3,(H,25,29,31). The van der Waals surface area contributed by atoms with Crippen molar-refractivity contribution in [1.82, 2.24) is 14.3 Å². The molecule has 0 fully saturated rings. The number of carbonyl (C=O) groups excluding carboxylic acids is 1. The number of nitrogens with two attached hydrogens (primary N) is 1. The molecule has 34 heavy (non-hydrogen) atoms. The molecule has 11 heteroatoms. The minimum Gasteiger partial charge on any atom is -0.383 e. The van der Waals surface area contributed by atoms with E-state index in [1.165, 1.54) is 35.9 Å². The molecule has 180 valence electrons. The summed E-state index contributed by atoms with van der Waals surface area (Å²) in [6.45, 7) is 3.72. The number of benzene rings is 2. The minimum absolute atomic E-state index is 0.0146. The Kier molecular flexibility index (Phi) is 7.38. The summed E-state index contributed by atoms with van der Waals surface area (Å²) in [6, 6.07) is 14.2. The fourth-order valence-corrected chi connectivity index (χ4v) is 4.64. The van der Waals surface area contributed by atoms with Crippen LogP contribution in [-0.4, -0.2) is 37.0 Å². The smallest absolute Gasteiger partial charge is 0.330 e. The van der Waals surface area contributed by atoms with E-state index in [9.17, 15) is 22.8 Å². The highest BCUT2D eigenvalue weighted by molar-refractivity contribution is 7.89. The first kappa shape index (κ1) is 24.9. The Morgan fingerprint density at radius 3 is 2.32 bits per heavy atom. The van der Waals surface area contributed by atoms with Crippen molar-refractivity contribution in [2.45, 2.75) is 37.8 Å². The molecule has 0 radical (unpaired) electrons. The van der Waals surface area contributed by atoms with E-state index >= 15 is 0 Å². The van der Waals surface area contributed by atoms with Gasteiger partial charge in [0.2, 0.25) is 10.0 Å². The number of nitrogen functional groups attached to an aromatic ring is 1. The van der Waals surface area contributed by atoms with Gasteiger partial charge in [-0.05, 0) is 43.2 Å². The van der Waals surface area contributed by atoms with Crippen LogP contribution in [0.5, 0.6) is 0 Å². The van der Waals surface area contributed by atoms with Crippen LogP contribution in [0.25, 0.3) is 0 Å². The molecule has 10 nitrogen and oxygen atoms in total. The van der Waals surface area contributed by atoms with Gasteiger partial charge in [0.05, 0.1) is 11.4 Å². The lowest BCUT2D eigenvalue weighted by Crippen LogP contribution is -2.39. The number of nitrogens with zero attached hydrogens (tertiary/aromatic N) is 2. The summed E-state index contributed by atoms with van der Waals surface area (Å²) in [6.07, 6.45) is 0.628. The number of nitrogens with one attached hydrogen (secondary N) is 2. The van der Waals surface area contributed by atoms with Gasteiger partial charge in [0.25, 0.3) is 11.5 Å². The van der Waals surface area contributed by atoms with Gasteiger partial charge in [-0.3, -0.25) is 19.1 Å². The van der Waals surface area contributed by atoms with Crippen molar-refractivity contribution in [3.05, 3.63) is 86.6 Å². The highest BCUT2D eigenvalue weighted by atomic mass is 32.2. The van der Waals surface area contributed by atoms with Crippen LogP contribution in [0.4, 0.5) is 11.5 Å². The van der Waals surface area contributed by atoms with Crippen LogP contribution in [0.3, 0.4) is 0 Å². The first-order valence-electron chi connectivity index (χ1n) is 10.6. The summed E-state index contributed by atoms with van der Waals surface area (Å²) < 4.78 is 28.6. The number of anilines is 2. The molecular formula is C23H27N5O5S. The van der Waals surface area contributed by atoms with Crippen molar-refractivity contribution in [3.8, 4) is 0 Å². The third-order valence-corrected chi connectivity index (χ3v) is 7.02. The van der Waals surface area contributed by atoms with E-state index in [0.29, 0.717) is 6.42 Å². The van der Waals surface area contributed by atoms with Crippen LogP contribution in [0.1, 0.15) is 36.2 Å². The Labute approximate surface area is 197 Å². The van der Waals surface area contributed by atoms with Crippen LogP contribution in [0, 0.1) is 0 Å². The zero-order valence-corrected chi connectivity index (χ0v) is 19.9. The molecule has 1 amide bonds. The van der Waals surface area contributed by atoms with Crippen molar-refractivity contribution < 1.29 is 13.2 Å². The van der Waals surface area contributed by atoms with Crippen LogP contribution < -0.4 is 26.6 Å². The van der Waals surface area contributed by atoms with Crippen LogP contribution in [0.2, 0.25) is 0 Å². The van der Waals surface area contributed by atoms with Crippen LogP contribution in [-0.2, 0) is 16.6 Å². The SMILES string of the molecule is CCC(C)NS(=O)(=O)c1ccc(C(=O)N(C)c2c(N)n(Cc3ccccc3)c(=O)[nH]c2=O)cc1. The number of aromatic nitrogens is 2. The summed E-state index contributed by atoms with van der Waals surface area (Å²) in [5.41, 5.74) is 5.39. The van der Waals surface area contributed by atoms with Gasteiger partial charge in [0.1, 0.15) is 5.82 Å². The van der Waals surface area contributed by atoms with E-state index in [-0.39, 0.29) is 34.6 Å². The summed E-state index contributed by atoms with van der Waals surface area (Å²) in [7, 11) is -2.37. The molecule has 3 aromatic rings. The zero-order chi connectivity index (χ0) is 25.0. The van der Waals surface area contributed by atoms with Gasteiger partial charge in [0, 0.05) is 18.7 Å². The maximum absolute atomic E-state index is 13.1. The Bertz CT molecular complexity index is 1400. The van der Waals surface area contributed by atoms with Crippen molar-refractivity contribution in [3.63, 3.8) is 0 Å². The van der Waals surface area contributed by atoms with Crippen molar-refractivity contribution in [2.24, 2.45) is 0 Å². The summed E-state index contributed by atoms with van der Waals surface area (Å²) in [5.74, 6) is -0.758. The topological polar surface area (TPSA) is 147 Å². The van der Waals surface area contributed by atoms with Gasteiger partial charge < -0.3 is 10.6 Å². The Morgan fingerprint density at radius 1 is 1.12 bits per heavy atom. The molecule has 2 aromatic carbocycles. The molecule has 0 aliphatic rings. The highest BCUT2D eigenvalue weighted by Gasteiger charge is 2.23. The van der Waals surface area contributed by atoms with Gasteiger partial charge in [-0.15, -0.1) is 0 Å². The van der Waals surface area contributed by atoms with E-state index in [0.717, 1.165) is 10.5 Å². The van der Waals surface area contributed by atoms with Crippen molar-refractivity contribution in [2.75, 3.05) is 17.7 Å². The quantitative estimate of drug-likeness (QED) is 0.441. The molecule has 0 aliphatic carbocycles. The second-order valence-electron chi connectivity index (χ2n) is 7.88. The van der Waals surface area contributed by atoms with Gasteiger partial charge in [-0.1, -0.05) is 37.3 Å². The number of H-pyrrole nitrogens is 1. The number of sulfonamides is 1. The first-order chi connectivity index (χ1) is 16.0. The third kappa shape index (κ3) is 5.26. The lowest BCUT2D eigenvalue weighted by Gasteiger charge is -2.20. The minimum atomic E-state index is -3.73. The maximum atomic E-state index is 13.1. The number of hydrogen-bond acceptors (Lipinski definition) is 6. The Morgan fingerprint density at radius 2 is 1.74 bits per heavy atom. The Balaban J connectivity index is 1.92. The number of hydrogen-bond donors (Lipinski definition) is 3. The molecular weight excluding hydrogens is 458 g/mol.